The van der Waals surface area contributed by atoms with Gasteiger partial charge in [0.1, 0.15) is 5.60 Å². The van der Waals surface area contributed by atoms with E-state index in [-0.39, 0.29) is 17.7 Å². The van der Waals surface area contributed by atoms with Gasteiger partial charge in [-0.05, 0) is 46.5 Å². The Hall–Kier alpha value is -1.24. The lowest BCUT2D eigenvalue weighted by Gasteiger charge is -2.32. The lowest BCUT2D eigenvalue weighted by Crippen LogP contribution is -2.45. The van der Waals surface area contributed by atoms with E-state index < -0.39 is 5.60 Å². The average molecular weight is 236 g/mol. The summed E-state index contributed by atoms with van der Waals surface area (Å²) in [6, 6.07) is 2.23. The molecule has 4 heteroatoms. The maximum Gasteiger partial charge on any atom is 0.411 e. The van der Waals surface area contributed by atoms with Gasteiger partial charge in [0, 0.05) is 11.6 Å². The highest BCUT2D eigenvalue weighted by molar-refractivity contribution is 5.71. The quantitative estimate of drug-likeness (QED) is 0.703. The summed E-state index contributed by atoms with van der Waals surface area (Å²) in [6.45, 7) is 5.62. The van der Waals surface area contributed by atoms with Gasteiger partial charge in [-0.1, -0.05) is 0 Å². The van der Waals surface area contributed by atoms with Crippen molar-refractivity contribution in [3.63, 3.8) is 0 Å². The highest BCUT2D eigenvalue weighted by Crippen LogP contribution is 2.52. The molecule has 2 rings (SSSR count). The number of carbonyl (C=O) groups excluding carboxylic acids is 1. The van der Waals surface area contributed by atoms with E-state index in [1.807, 2.05) is 25.7 Å². The molecule has 1 saturated carbocycles. The van der Waals surface area contributed by atoms with E-state index in [0.29, 0.717) is 6.42 Å². The Bertz CT molecular complexity index is 361. The molecule has 0 aromatic rings. The number of amides is 1. The normalized spacial score (nSPS) is 25.8. The predicted molar refractivity (Wildman–Crippen MR) is 63.3 cm³/mol. The number of carbonyl (C=O) groups is 1. The van der Waals surface area contributed by atoms with E-state index in [1.165, 1.54) is 0 Å². The average Bonchev–Trinajstić information content (AvgIpc) is 2.82. The first-order valence-corrected chi connectivity index (χ1v) is 6.27. The van der Waals surface area contributed by atoms with Crippen LogP contribution >= 0.6 is 0 Å². The zero-order chi connectivity index (χ0) is 12.7. The second-order valence-corrected chi connectivity index (χ2v) is 6.13. The van der Waals surface area contributed by atoms with Crippen LogP contribution in [0.4, 0.5) is 4.79 Å². The van der Waals surface area contributed by atoms with Crippen LogP contribution in [-0.4, -0.2) is 28.2 Å². The van der Waals surface area contributed by atoms with E-state index in [2.05, 4.69) is 6.07 Å². The summed E-state index contributed by atoms with van der Waals surface area (Å²) in [5.74, 6) is 0. The number of nitriles is 1. The van der Waals surface area contributed by atoms with E-state index in [1.54, 1.807) is 0 Å². The van der Waals surface area contributed by atoms with Gasteiger partial charge in [-0.15, -0.1) is 0 Å². The van der Waals surface area contributed by atoms with Crippen molar-refractivity contribution in [2.24, 2.45) is 0 Å². The molecular formula is C13H20N2O2. The topological polar surface area (TPSA) is 53.3 Å². The van der Waals surface area contributed by atoms with Crippen molar-refractivity contribution in [1.29, 1.82) is 5.26 Å². The molecule has 17 heavy (non-hydrogen) atoms. The van der Waals surface area contributed by atoms with Crippen molar-refractivity contribution in [1.82, 2.24) is 4.90 Å². The van der Waals surface area contributed by atoms with Crippen molar-refractivity contribution in [2.75, 3.05) is 0 Å². The smallest absolute Gasteiger partial charge is 0.411 e. The summed E-state index contributed by atoms with van der Waals surface area (Å²) in [5.41, 5.74) is -0.434. The minimum atomic E-state index is -0.465. The first-order chi connectivity index (χ1) is 7.88. The monoisotopic (exact) mass is 236 g/mol. The standard InChI is InChI=1S/C13H20N2O2/c1-12(2,3)17-11(16)15-10(5-9-14)4-6-13(15)7-8-13/h10H,4-8H2,1-3H3/t10-/m1/s1. The zero-order valence-electron chi connectivity index (χ0n) is 10.8. The third kappa shape index (κ3) is 2.38. The molecule has 0 N–H and O–H groups in total. The van der Waals surface area contributed by atoms with E-state index in [9.17, 15) is 4.79 Å². The molecule has 0 bridgehead atoms. The largest absolute Gasteiger partial charge is 0.444 e. The fourth-order valence-corrected chi connectivity index (χ4v) is 2.66. The van der Waals surface area contributed by atoms with Crippen LogP contribution in [0.3, 0.4) is 0 Å². The molecule has 0 aromatic carbocycles. The minimum Gasteiger partial charge on any atom is -0.444 e. The summed E-state index contributed by atoms with van der Waals surface area (Å²) >= 11 is 0. The van der Waals surface area contributed by atoms with Crippen LogP contribution < -0.4 is 0 Å². The van der Waals surface area contributed by atoms with Crippen LogP contribution in [0.1, 0.15) is 52.9 Å². The maximum absolute atomic E-state index is 12.2. The van der Waals surface area contributed by atoms with E-state index in [0.717, 1.165) is 25.7 Å². The molecular weight excluding hydrogens is 216 g/mol. The molecule has 2 fully saturated rings. The van der Waals surface area contributed by atoms with Crippen LogP contribution in [0.5, 0.6) is 0 Å². The Morgan fingerprint density at radius 2 is 2.12 bits per heavy atom. The van der Waals surface area contributed by atoms with Crippen LogP contribution in [-0.2, 0) is 4.74 Å². The van der Waals surface area contributed by atoms with Crippen molar-refractivity contribution < 1.29 is 9.53 Å². The number of rotatable bonds is 1. The second-order valence-electron chi connectivity index (χ2n) is 6.13. The van der Waals surface area contributed by atoms with Crippen LogP contribution in [0, 0.1) is 11.3 Å². The maximum atomic E-state index is 12.2. The summed E-state index contributed by atoms with van der Waals surface area (Å²) in [6.07, 6.45) is 4.27. The zero-order valence-corrected chi connectivity index (χ0v) is 10.8. The molecule has 1 amide bonds. The highest BCUT2D eigenvalue weighted by Gasteiger charge is 2.57. The Labute approximate surface area is 103 Å². The molecule has 1 aliphatic carbocycles. The lowest BCUT2D eigenvalue weighted by atomic mass is 10.1. The molecule has 1 aliphatic heterocycles. The van der Waals surface area contributed by atoms with Crippen LogP contribution in [0.15, 0.2) is 0 Å². The Morgan fingerprint density at radius 3 is 2.59 bits per heavy atom. The molecule has 0 aromatic heterocycles. The molecule has 1 heterocycles. The number of hydrogen-bond acceptors (Lipinski definition) is 3. The van der Waals surface area contributed by atoms with Gasteiger partial charge < -0.3 is 4.74 Å². The molecule has 4 nitrogen and oxygen atoms in total. The first kappa shape index (κ1) is 12.2. The lowest BCUT2D eigenvalue weighted by molar-refractivity contribution is 0.0123. The summed E-state index contributed by atoms with van der Waals surface area (Å²) in [4.78, 5) is 14.0. The predicted octanol–water partition coefficient (Wildman–Crippen LogP) is 2.83. The third-order valence-electron chi connectivity index (χ3n) is 3.56. The Morgan fingerprint density at radius 1 is 1.47 bits per heavy atom. The van der Waals surface area contributed by atoms with Crippen molar-refractivity contribution in [3.8, 4) is 6.07 Å². The fraction of sp³-hybridized carbons (Fsp3) is 0.846. The Kier molecular flexibility index (Phi) is 2.81. The SMILES string of the molecule is CC(C)(C)OC(=O)N1[C@@H](CC#N)CCC12CC2. The van der Waals surface area contributed by atoms with Gasteiger partial charge in [0.05, 0.1) is 12.5 Å². The van der Waals surface area contributed by atoms with Crippen molar-refractivity contribution in [3.05, 3.63) is 0 Å². The molecule has 1 spiro atoms. The highest BCUT2D eigenvalue weighted by atomic mass is 16.6. The van der Waals surface area contributed by atoms with Gasteiger partial charge in [0.25, 0.3) is 0 Å². The number of nitrogens with zero attached hydrogens (tertiary/aromatic N) is 2. The van der Waals surface area contributed by atoms with E-state index in [4.69, 9.17) is 10.00 Å². The molecule has 2 aliphatic rings. The first-order valence-electron chi connectivity index (χ1n) is 6.27. The molecule has 0 unspecified atom stereocenters. The summed E-state index contributed by atoms with van der Waals surface area (Å²) in [7, 11) is 0. The summed E-state index contributed by atoms with van der Waals surface area (Å²) < 4.78 is 5.45. The van der Waals surface area contributed by atoms with Crippen molar-refractivity contribution >= 4 is 6.09 Å². The van der Waals surface area contributed by atoms with Gasteiger partial charge in [-0.25, -0.2) is 4.79 Å². The minimum absolute atomic E-state index is 0.0316. The van der Waals surface area contributed by atoms with Gasteiger partial charge in [0.15, 0.2) is 0 Å². The Balaban J connectivity index is 2.10. The number of likely N-dealkylation sites (tertiary alicyclic amines) is 1. The van der Waals surface area contributed by atoms with Gasteiger partial charge >= 0.3 is 6.09 Å². The number of ether oxygens (including phenoxy) is 1. The molecule has 1 saturated heterocycles. The van der Waals surface area contributed by atoms with Crippen LogP contribution in [0.25, 0.3) is 0 Å². The van der Waals surface area contributed by atoms with Gasteiger partial charge in [-0.2, -0.15) is 5.26 Å². The second kappa shape index (κ2) is 3.90. The summed E-state index contributed by atoms with van der Waals surface area (Å²) in [5, 5.41) is 8.82. The van der Waals surface area contributed by atoms with Crippen molar-refractivity contribution in [2.45, 2.75) is 70.1 Å². The molecule has 0 radical (unpaired) electrons. The van der Waals surface area contributed by atoms with Gasteiger partial charge in [0.2, 0.25) is 0 Å². The third-order valence-corrected chi connectivity index (χ3v) is 3.56. The number of hydrogen-bond donors (Lipinski definition) is 0. The van der Waals surface area contributed by atoms with E-state index >= 15 is 0 Å². The fourth-order valence-electron chi connectivity index (χ4n) is 2.66. The molecule has 1 atom stereocenters. The van der Waals surface area contributed by atoms with Crippen LogP contribution in [0.2, 0.25) is 0 Å². The van der Waals surface area contributed by atoms with Gasteiger partial charge in [-0.3, -0.25) is 4.90 Å². The molecule has 94 valence electrons.